The molecule has 1 aromatic rings. The van der Waals surface area contributed by atoms with Crippen LogP contribution in [-0.2, 0) is 4.79 Å². The zero-order chi connectivity index (χ0) is 16.8. The zero-order valence-corrected chi connectivity index (χ0v) is 14.6. The molecule has 0 N–H and O–H groups in total. The van der Waals surface area contributed by atoms with Crippen LogP contribution in [0.15, 0.2) is 24.3 Å². The molecule has 24 heavy (non-hydrogen) atoms. The number of likely N-dealkylation sites (tertiary alicyclic amines) is 2. The minimum absolute atomic E-state index is 0.238. The number of benzene rings is 1. The van der Waals surface area contributed by atoms with E-state index in [1.807, 2.05) is 24.3 Å². The minimum atomic E-state index is 0.238. The third kappa shape index (κ3) is 4.41. The molecule has 5 nitrogen and oxygen atoms in total. The molecule has 0 atom stereocenters. The summed E-state index contributed by atoms with van der Waals surface area (Å²) in [5.74, 6) is 2.34. The number of rotatable bonds is 6. The fourth-order valence-corrected chi connectivity index (χ4v) is 3.56. The van der Waals surface area contributed by atoms with Crippen LogP contribution in [0.3, 0.4) is 0 Å². The first-order valence-corrected chi connectivity index (χ1v) is 9.04. The Balaban J connectivity index is 1.35. The van der Waals surface area contributed by atoms with Crippen LogP contribution in [-0.4, -0.2) is 62.1 Å². The summed E-state index contributed by atoms with van der Waals surface area (Å²) in [6.07, 6.45) is 4.32. The summed E-state index contributed by atoms with van der Waals surface area (Å²) >= 11 is 0. The Morgan fingerprint density at radius 1 is 1.04 bits per heavy atom. The van der Waals surface area contributed by atoms with Crippen molar-refractivity contribution >= 4 is 5.91 Å². The molecule has 132 valence electrons. The Hall–Kier alpha value is -1.75. The van der Waals surface area contributed by atoms with Crippen LogP contribution in [0.2, 0.25) is 0 Å². The van der Waals surface area contributed by atoms with Gasteiger partial charge in [0, 0.05) is 25.6 Å². The van der Waals surface area contributed by atoms with Crippen LogP contribution in [0.4, 0.5) is 0 Å². The molecule has 0 unspecified atom stereocenters. The van der Waals surface area contributed by atoms with Crippen LogP contribution in [0.5, 0.6) is 11.5 Å². The van der Waals surface area contributed by atoms with Gasteiger partial charge in [0.2, 0.25) is 5.91 Å². The Kier molecular flexibility index (Phi) is 5.96. The highest BCUT2D eigenvalue weighted by atomic mass is 16.5. The van der Waals surface area contributed by atoms with Crippen LogP contribution in [0, 0.1) is 5.92 Å². The van der Waals surface area contributed by atoms with Crippen molar-refractivity contribution in [3.8, 4) is 11.5 Å². The summed E-state index contributed by atoms with van der Waals surface area (Å²) in [7, 11) is 1.66. The molecular formula is C19H28N2O3. The second-order valence-electron chi connectivity index (χ2n) is 6.67. The second-order valence-corrected chi connectivity index (χ2v) is 6.67. The van der Waals surface area contributed by atoms with Crippen molar-refractivity contribution in [3.05, 3.63) is 24.3 Å². The molecule has 2 aliphatic rings. The van der Waals surface area contributed by atoms with Gasteiger partial charge < -0.3 is 14.4 Å². The maximum absolute atomic E-state index is 12.4. The lowest BCUT2D eigenvalue weighted by molar-refractivity contribution is -0.136. The molecule has 2 fully saturated rings. The van der Waals surface area contributed by atoms with Crippen molar-refractivity contribution in [2.24, 2.45) is 5.92 Å². The van der Waals surface area contributed by atoms with E-state index in [4.69, 9.17) is 9.47 Å². The number of hydrogen-bond donors (Lipinski definition) is 0. The Labute approximate surface area is 144 Å². The van der Waals surface area contributed by atoms with Gasteiger partial charge in [-0.25, -0.2) is 0 Å². The van der Waals surface area contributed by atoms with Crippen molar-refractivity contribution in [1.82, 2.24) is 9.80 Å². The van der Waals surface area contributed by atoms with Gasteiger partial charge in [-0.2, -0.15) is 0 Å². The Morgan fingerprint density at radius 2 is 1.67 bits per heavy atom. The smallest absolute Gasteiger partial charge is 0.225 e. The standard InChI is InChI=1S/C19H28N2O3/c1-23-17-4-6-18(7-5-17)24-15-14-20-12-8-16(9-13-20)19(22)21-10-2-3-11-21/h4-7,16H,2-3,8-15H2,1H3. The molecule has 1 aromatic carbocycles. The lowest BCUT2D eigenvalue weighted by Crippen LogP contribution is -2.42. The molecule has 0 aliphatic carbocycles. The molecule has 2 saturated heterocycles. The third-order valence-corrected chi connectivity index (χ3v) is 5.09. The number of ether oxygens (including phenoxy) is 2. The van der Waals surface area contributed by atoms with Gasteiger partial charge in [-0.1, -0.05) is 0 Å². The number of carbonyl (C=O) groups is 1. The first-order valence-electron chi connectivity index (χ1n) is 9.04. The molecule has 1 amide bonds. The van der Waals surface area contributed by atoms with Crippen LogP contribution in [0.25, 0.3) is 0 Å². The average Bonchev–Trinajstić information content (AvgIpc) is 3.17. The molecule has 0 radical (unpaired) electrons. The van der Waals surface area contributed by atoms with Gasteiger partial charge in [0.05, 0.1) is 7.11 Å². The largest absolute Gasteiger partial charge is 0.497 e. The van der Waals surface area contributed by atoms with E-state index in [1.54, 1.807) is 7.11 Å². The van der Waals surface area contributed by atoms with E-state index in [1.165, 1.54) is 12.8 Å². The van der Waals surface area contributed by atoms with Gasteiger partial charge in [0.15, 0.2) is 0 Å². The van der Waals surface area contributed by atoms with Gasteiger partial charge in [0.25, 0.3) is 0 Å². The van der Waals surface area contributed by atoms with Crippen LogP contribution < -0.4 is 9.47 Å². The lowest BCUT2D eigenvalue weighted by Gasteiger charge is -2.33. The van der Waals surface area contributed by atoms with Gasteiger partial charge >= 0.3 is 0 Å². The molecule has 3 rings (SSSR count). The Morgan fingerprint density at radius 3 is 2.29 bits per heavy atom. The van der Waals surface area contributed by atoms with Crippen molar-refractivity contribution in [3.63, 3.8) is 0 Å². The monoisotopic (exact) mass is 332 g/mol. The second kappa shape index (κ2) is 8.38. The van der Waals surface area contributed by atoms with E-state index in [2.05, 4.69) is 9.80 Å². The quantitative estimate of drug-likeness (QED) is 0.802. The van der Waals surface area contributed by atoms with E-state index < -0.39 is 0 Å². The number of amides is 1. The SMILES string of the molecule is COc1ccc(OCCN2CCC(C(=O)N3CCCC3)CC2)cc1. The molecule has 0 spiro atoms. The van der Waals surface area contributed by atoms with Crippen molar-refractivity contribution in [1.29, 1.82) is 0 Å². The van der Waals surface area contributed by atoms with Gasteiger partial charge in [-0.3, -0.25) is 9.69 Å². The van der Waals surface area contributed by atoms with E-state index >= 15 is 0 Å². The number of carbonyl (C=O) groups excluding carboxylic acids is 1. The first kappa shape index (κ1) is 17.1. The fourth-order valence-electron chi connectivity index (χ4n) is 3.56. The van der Waals surface area contributed by atoms with E-state index in [9.17, 15) is 4.79 Å². The molecule has 0 aromatic heterocycles. The highest BCUT2D eigenvalue weighted by Crippen LogP contribution is 2.22. The lowest BCUT2D eigenvalue weighted by atomic mass is 9.95. The summed E-state index contributed by atoms with van der Waals surface area (Å²) in [4.78, 5) is 16.9. The number of nitrogens with zero attached hydrogens (tertiary/aromatic N) is 2. The van der Waals surface area contributed by atoms with E-state index in [0.29, 0.717) is 12.5 Å². The van der Waals surface area contributed by atoms with Crippen LogP contribution >= 0.6 is 0 Å². The normalized spacial score (nSPS) is 19.5. The predicted octanol–water partition coefficient (Wildman–Crippen LogP) is 2.41. The zero-order valence-electron chi connectivity index (χ0n) is 14.6. The first-order chi connectivity index (χ1) is 11.8. The molecule has 0 bridgehead atoms. The fraction of sp³-hybridized carbons (Fsp3) is 0.632. The topological polar surface area (TPSA) is 42.0 Å². The molecule has 0 saturated carbocycles. The average molecular weight is 332 g/mol. The molecule has 5 heteroatoms. The summed E-state index contributed by atoms with van der Waals surface area (Å²) in [5, 5.41) is 0. The number of piperidine rings is 1. The predicted molar refractivity (Wildman–Crippen MR) is 93.5 cm³/mol. The maximum atomic E-state index is 12.4. The van der Waals surface area contributed by atoms with Crippen LogP contribution in [0.1, 0.15) is 25.7 Å². The number of hydrogen-bond acceptors (Lipinski definition) is 4. The molecule has 2 heterocycles. The van der Waals surface area contributed by atoms with Crippen molar-refractivity contribution in [2.45, 2.75) is 25.7 Å². The number of methoxy groups -OCH3 is 1. The van der Waals surface area contributed by atoms with Crippen molar-refractivity contribution in [2.75, 3.05) is 46.4 Å². The maximum Gasteiger partial charge on any atom is 0.225 e. The molecular weight excluding hydrogens is 304 g/mol. The highest BCUT2D eigenvalue weighted by molar-refractivity contribution is 5.79. The van der Waals surface area contributed by atoms with Gasteiger partial charge in [0.1, 0.15) is 18.1 Å². The summed E-state index contributed by atoms with van der Waals surface area (Å²) in [5.41, 5.74) is 0. The van der Waals surface area contributed by atoms with Gasteiger partial charge in [-0.15, -0.1) is 0 Å². The van der Waals surface area contributed by atoms with E-state index in [-0.39, 0.29) is 5.92 Å². The van der Waals surface area contributed by atoms with Gasteiger partial charge in [-0.05, 0) is 63.0 Å². The summed E-state index contributed by atoms with van der Waals surface area (Å²) in [6.45, 7) is 5.52. The summed E-state index contributed by atoms with van der Waals surface area (Å²) in [6, 6.07) is 7.68. The highest BCUT2D eigenvalue weighted by Gasteiger charge is 2.29. The summed E-state index contributed by atoms with van der Waals surface area (Å²) < 4.78 is 10.9. The Bertz CT molecular complexity index is 518. The van der Waals surface area contributed by atoms with Crippen molar-refractivity contribution < 1.29 is 14.3 Å². The minimum Gasteiger partial charge on any atom is -0.497 e. The third-order valence-electron chi connectivity index (χ3n) is 5.09. The molecule has 2 aliphatic heterocycles. The van der Waals surface area contributed by atoms with E-state index in [0.717, 1.165) is 57.1 Å².